The Kier molecular flexibility index (Phi) is 3.55. The van der Waals surface area contributed by atoms with Crippen LogP contribution in [0.5, 0.6) is 0 Å². The van der Waals surface area contributed by atoms with Gasteiger partial charge in [0.1, 0.15) is 5.52 Å². The van der Waals surface area contributed by atoms with Crippen molar-refractivity contribution in [3.8, 4) is 22.8 Å². The largest absolute Gasteiger partial charge is 0.397 e. The molecule has 0 atom stereocenters. The molecule has 7 heteroatoms. The zero-order valence-electron chi connectivity index (χ0n) is 15.9. The third-order valence-electron chi connectivity index (χ3n) is 5.28. The van der Waals surface area contributed by atoms with E-state index in [1.165, 1.54) is 5.57 Å². The van der Waals surface area contributed by atoms with E-state index in [-0.39, 0.29) is 0 Å². The Morgan fingerprint density at radius 1 is 0.967 bits per heavy atom. The van der Waals surface area contributed by atoms with E-state index in [0.29, 0.717) is 17.2 Å². The van der Waals surface area contributed by atoms with Crippen LogP contribution in [0.25, 0.3) is 50.4 Å². The Labute approximate surface area is 171 Å². The average Bonchev–Trinajstić information content (AvgIpc) is 3.51. The first-order valence-electron chi connectivity index (χ1n) is 9.68. The van der Waals surface area contributed by atoms with Crippen molar-refractivity contribution < 1.29 is 0 Å². The first-order chi connectivity index (χ1) is 14.8. The van der Waals surface area contributed by atoms with Gasteiger partial charge in [0.05, 0.1) is 27.9 Å². The van der Waals surface area contributed by atoms with Crippen LogP contribution in [0.1, 0.15) is 12.0 Å². The number of nitrogens with one attached hydrogen (secondary N) is 2. The zero-order chi connectivity index (χ0) is 20.1. The second kappa shape index (κ2) is 6.38. The number of nitrogen functional groups attached to an aromatic ring is 1. The lowest BCUT2D eigenvalue weighted by molar-refractivity contribution is 1.10. The first kappa shape index (κ1) is 16.7. The van der Waals surface area contributed by atoms with Gasteiger partial charge in [-0.05, 0) is 36.3 Å². The van der Waals surface area contributed by atoms with E-state index in [0.717, 1.165) is 45.3 Å². The molecule has 1 aliphatic rings. The maximum atomic E-state index is 5.89. The van der Waals surface area contributed by atoms with Crippen molar-refractivity contribution in [2.45, 2.75) is 6.42 Å². The number of benzene rings is 1. The monoisotopic (exact) mass is 391 g/mol. The normalized spacial score (nSPS) is 13.4. The van der Waals surface area contributed by atoms with E-state index in [9.17, 15) is 0 Å². The number of imidazole rings is 1. The molecule has 144 valence electrons. The van der Waals surface area contributed by atoms with Crippen molar-refractivity contribution in [3.63, 3.8) is 0 Å². The molecule has 0 saturated carbocycles. The highest BCUT2D eigenvalue weighted by Gasteiger charge is 2.17. The minimum atomic E-state index is 0.599. The summed E-state index contributed by atoms with van der Waals surface area (Å²) < 4.78 is 0. The molecule has 1 aromatic carbocycles. The summed E-state index contributed by atoms with van der Waals surface area (Å²) in [6.45, 7) is 0. The predicted molar refractivity (Wildman–Crippen MR) is 118 cm³/mol. The Morgan fingerprint density at radius 3 is 2.80 bits per heavy atom. The van der Waals surface area contributed by atoms with E-state index in [1.54, 1.807) is 12.4 Å². The number of fused-ring (bicyclic) bond motifs is 2. The van der Waals surface area contributed by atoms with Gasteiger partial charge >= 0.3 is 0 Å². The van der Waals surface area contributed by atoms with Crippen molar-refractivity contribution in [1.82, 2.24) is 30.1 Å². The Hall–Kier alpha value is -4.26. The second-order valence-corrected chi connectivity index (χ2v) is 7.26. The van der Waals surface area contributed by atoms with Gasteiger partial charge < -0.3 is 10.7 Å². The van der Waals surface area contributed by atoms with Crippen LogP contribution in [-0.2, 0) is 0 Å². The summed E-state index contributed by atoms with van der Waals surface area (Å²) >= 11 is 0. The average molecular weight is 391 g/mol. The number of pyridine rings is 2. The van der Waals surface area contributed by atoms with Crippen LogP contribution < -0.4 is 5.73 Å². The topological polar surface area (TPSA) is 109 Å². The fourth-order valence-electron chi connectivity index (χ4n) is 3.86. The fourth-order valence-corrected chi connectivity index (χ4v) is 3.86. The molecule has 7 nitrogen and oxygen atoms in total. The third kappa shape index (κ3) is 2.60. The second-order valence-electron chi connectivity index (χ2n) is 7.26. The number of H-pyrrole nitrogens is 2. The van der Waals surface area contributed by atoms with Crippen molar-refractivity contribution >= 4 is 33.3 Å². The minimum absolute atomic E-state index is 0.599. The van der Waals surface area contributed by atoms with Crippen molar-refractivity contribution in [3.05, 3.63) is 72.6 Å². The molecule has 0 unspecified atom stereocenters. The lowest BCUT2D eigenvalue weighted by atomic mass is 10.1. The lowest BCUT2D eigenvalue weighted by Crippen LogP contribution is -1.90. The molecular weight excluding hydrogens is 374 g/mol. The van der Waals surface area contributed by atoms with E-state index < -0.39 is 0 Å². The SMILES string of the molecule is Nc1cncc(-c2ccc3[nH]nc(-c4nc5c(C6=CCC=C6)cccc5[nH]4)c3n2)c1. The molecule has 0 amide bonds. The van der Waals surface area contributed by atoms with Crippen molar-refractivity contribution in [2.75, 3.05) is 5.73 Å². The summed E-state index contributed by atoms with van der Waals surface area (Å²) in [5.41, 5.74) is 14.6. The molecule has 1 aliphatic carbocycles. The number of nitrogens with two attached hydrogens (primary N) is 1. The Bertz CT molecular complexity index is 1490. The summed E-state index contributed by atoms with van der Waals surface area (Å²) in [5, 5.41) is 7.55. The lowest BCUT2D eigenvalue weighted by Gasteiger charge is -2.02. The molecule has 5 aromatic rings. The van der Waals surface area contributed by atoms with Gasteiger partial charge in [-0.3, -0.25) is 10.1 Å². The molecule has 0 aliphatic heterocycles. The van der Waals surface area contributed by atoms with Crippen LogP contribution in [0.3, 0.4) is 0 Å². The number of aromatic nitrogens is 6. The minimum Gasteiger partial charge on any atom is -0.397 e. The number of rotatable bonds is 3. The highest BCUT2D eigenvalue weighted by atomic mass is 15.1. The fraction of sp³-hybridized carbons (Fsp3) is 0.0435. The Balaban J connectivity index is 1.51. The van der Waals surface area contributed by atoms with Crippen LogP contribution in [0.15, 0.2) is 67.0 Å². The summed E-state index contributed by atoms with van der Waals surface area (Å²) in [6, 6.07) is 11.9. The van der Waals surface area contributed by atoms with Gasteiger partial charge in [-0.15, -0.1) is 0 Å². The zero-order valence-corrected chi connectivity index (χ0v) is 15.9. The summed E-state index contributed by atoms with van der Waals surface area (Å²) in [7, 11) is 0. The third-order valence-corrected chi connectivity index (χ3v) is 5.28. The van der Waals surface area contributed by atoms with Gasteiger partial charge in [0.15, 0.2) is 11.5 Å². The van der Waals surface area contributed by atoms with Crippen LogP contribution >= 0.6 is 0 Å². The molecular formula is C23H17N7. The number of aromatic amines is 2. The van der Waals surface area contributed by atoms with Crippen LogP contribution in [0, 0.1) is 0 Å². The van der Waals surface area contributed by atoms with E-state index >= 15 is 0 Å². The van der Waals surface area contributed by atoms with Crippen molar-refractivity contribution in [1.29, 1.82) is 0 Å². The first-order valence-corrected chi connectivity index (χ1v) is 9.68. The molecule has 6 rings (SSSR count). The molecule has 0 spiro atoms. The smallest absolute Gasteiger partial charge is 0.161 e. The number of anilines is 1. The summed E-state index contributed by atoms with van der Waals surface area (Å²) in [6.07, 6.45) is 10.8. The maximum absolute atomic E-state index is 5.89. The Morgan fingerprint density at radius 2 is 1.93 bits per heavy atom. The van der Waals surface area contributed by atoms with Crippen LogP contribution in [0.2, 0.25) is 0 Å². The van der Waals surface area contributed by atoms with Gasteiger partial charge in [0, 0.05) is 23.5 Å². The van der Waals surface area contributed by atoms with Gasteiger partial charge in [-0.25, -0.2) is 9.97 Å². The van der Waals surface area contributed by atoms with Gasteiger partial charge in [-0.2, -0.15) is 5.10 Å². The molecule has 4 heterocycles. The standard InChI is InChI=1S/C23H17N7/c24-15-10-14(11-25-12-15)17-8-9-19-21(26-17)22(30-29-19)23-27-18-7-3-6-16(20(18)28-23)13-4-1-2-5-13/h1,3-12H,2,24H2,(H,27,28)(H,29,30). The molecule has 0 radical (unpaired) electrons. The number of allylic oxidation sites excluding steroid dienone is 4. The predicted octanol–water partition coefficient (Wildman–Crippen LogP) is 4.49. The number of hydrogen-bond donors (Lipinski definition) is 3. The highest BCUT2D eigenvalue weighted by molar-refractivity contribution is 5.96. The van der Waals surface area contributed by atoms with Gasteiger partial charge in [0.25, 0.3) is 0 Å². The van der Waals surface area contributed by atoms with Crippen LogP contribution in [0.4, 0.5) is 5.69 Å². The highest BCUT2D eigenvalue weighted by Crippen LogP contribution is 2.31. The summed E-state index contributed by atoms with van der Waals surface area (Å²) in [4.78, 5) is 17.3. The maximum Gasteiger partial charge on any atom is 0.161 e. The molecule has 0 saturated heterocycles. The van der Waals surface area contributed by atoms with E-state index in [4.69, 9.17) is 15.7 Å². The number of para-hydroxylation sites is 1. The molecule has 30 heavy (non-hydrogen) atoms. The number of hydrogen-bond acceptors (Lipinski definition) is 5. The molecule has 0 bridgehead atoms. The van der Waals surface area contributed by atoms with E-state index in [2.05, 4.69) is 44.5 Å². The molecule has 4 N–H and O–H groups in total. The number of nitrogens with zero attached hydrogens (tertiary/aromatic N) is 4. The quantitative estimate of drug-likeness (QED) is 0.420. The van der Waals surface area contributed by atoms with Gasteiger partial charge in [0.2, 0.25) is 0 Å². The van der Waals surface area contributed by atoms with Gasteiger partial charge in [-0.1, -0.05) is 30.4 Å². The molecule has 0 fully saturated rings. The van der Waals surface area contributed by atoms with Crippen LogP contribution in [-0.4, -0.2) is 30.1 Å². The van der Waals surface area contributed by atoms with E-state index in [1.807, 2.05) is 30.3 Å². The summed E-state index contributed by atoms with van der Waals surface area (Å²) in [5.74, 6) is 0.682. The van der Waals surface area contributed by atoms with Crippen molar-refractivity contribution in [2.24, 2.45) is 0 Å². The molecule has 4 aromatic heterocycles.